The Hall–Kier alpha value is -1.99. The number of rotatable bonds is 11. The fourth-order valence-corrected chi connectivity index (χ4v) is 8.72. The van der Waals surface area contributed by atoms with Crippen LogP contribution in [0, 0.1) is 0 Å². The lowest BCUT2D eigenvalue weighted by Crippen LogP contribution is -2.68. The molecule has 1 atom stereocenters. The van der Waals surface area contributed by atoms with E-state index in [1.165, 1.54) is 0 Å². The van der Waals surface area contributed by atoms with Gasteiger partial charge in [-0.1, -0.05) is 81.4 Å². The minimum atomic E-state index is -2.81. The van der Waals surface area contributed by atoms with Gasteiger partial charge in [0, 0.05) is 20.6 Å². The van der Waals surface area contributed by atoms with Gasteiger partial charge in [0.15, 0.2) is 6.29 Å². The molecule has 0 radical (unpaired) electrons. The van der Waals surface area contributed by atoms with Gasteiger partial charge in [0.25, 0.3) is 8.32 Å². The van der Waals surface area contributed by atoms with Crippen molar-refractivity contribution in [3.05, 3.63) is 60.7 Å². The van der Waals surface area contributed by atoms with Crippen LogP contribution in [-0.4, -0.2) is 47.5 Å². The third-order valence-corrected chi connectivity index (χ3v) is 10.5. The molecular formula is C25H36O5Si. The van der Waals surface area contributed by atoms with Crippen LogP contribution in [0.15, 0.2) is 60.7 Å². The zero-order valence-corrected chi connectivity index (χ0v) is 20.6. The van der Waals surface area contributed by atoms with Gasteiger partial charge in [-0.2, -0.15) is 0 Å². The van der Waals surface area contributed by atoms with Crippen LogP contribution in [-0.2, 0) is 23.4 Å². The average molecular weight is 445 g/mol. The molecule has 2 aromatic carbocycles. The Morgan fingerprint density at radius 1 is 0.903 bits per heavy atom. The number of carbonyl (C=O) groups excluding carboxylic acids is 1. The topological polar surface area (TPSA) is 54.0 Å². The van der Waals surface area contributed by atoms with Crippen LogP contribution in [0.1, 0.15) is 40.5 Å². The summed E-state index contributed by atoms with van der Waals surface area (Å²) >= 11 is 0. The Balaban J connectivity index is 2.60. The zero-order valence-electron chi connectivity index (χ0n) is 19.6. The van der Waals surface area contributed by atoms with E-state index in [1.54, 1.807) is 14.2 Å². The summed E-state index contributed by atoms with van der Waals surface area (Å²) in [5.74, 6) is -0.281. The first-order valence-electron chi connectivity index (χ1n) is 10.8. The summed E-state index contributed by atoms with van der Waals surface area (Å²) in [7, 11) is 0.378. The first-order valence-corrected chi connectivity index (χ1v) is 12.7. The van der Waals surface area contributed by atoms with E-state index in [0.29, 0.717) is 13.0 Å². The molecule has 0 aliphatic carbocycles. The van der Waals surface area contributed by atoms with Crippen molar-refractivity contribution in [2.75, 3.05) is 20.8 Å². The first-order chi connectivity index (χ1) is 14.8. The van der Waals surface area contributed by atoms with Crippen LogP contribution in [0.2, 0.25) is 5.04 Å². The molecule has 170 valence electrons. The fourth-order valence-electron chi connectivity index (χ4n) is 4.02. The van der Waals surface area contributed by atoms with Gasteiger partial charge in [0.1, 0.15) is 0 Å². The monoisotopic (exact) mass is 444 g/mol. The highest BCUT2D eigenvalue weighted by molar-refractivity contribution is 6.99. The SMILES string of the molecule is CCOC(=O)C[C@@H](CC(OC)OC)O[Si](c1ccccc1)(c1ccccc1)C(C)(C)C. The predicted octanol–water partition coefficient (Wildman–Crippen LogP) is 3.89. The Morgan fingerprint density at radius 3 is 1.77 bits per heavy atom. The average Bonchev–Trinajstić information content (AvgIpc) is 2.76. The fraction of sp³-hybridized carbons (Fsp3) is 0.480. The molecule has 0 unspecified atom stereocenters. The maximum absolute atomic E-state index is 12.5. The lowest BCUT2D eigenvalue weighted by molar-refractivity contribution is -0.148. The minimum Gasteiger partial charge on any atom is -0.466 e. The molecule has 0 saturated heterocycles. The van der Waals surface area contributed by atoms with Crippen LogP contribution < -0.4 is 10.4 Å². The second-order valence-electron chi connectivity index (χ2n) is 8.55. The molecule has 0 aliphatic heterocycles. The molecule has 0 fully saturated rings. The van der Waals surface area contributed by atoms with E-state index in [0.717, 1.165) is 10.4 Å². The smallest absolute Gasteiger partial charge is 0.308 e. The van der Waals surface area contributed by atoms with Crippen LogP contribution in [0.4, 0.5) is 0 Å². The molecule has 6 heteroatoms. The van der Waals surface area contributed by atoms with Gasteiger partial charge < -0.3 is 18.6 Å². The van der Waals surface area contributed by atoms with Crippen molar-refractivity contribution < 1.29 is 23.4 Å². The lowest BCUT2D eigenvalue weighted by atomic mass is 10.2. The van der Waals surface area contributed by atoms with Crippen LogP contribution in [0.25, 0.3) is 0 Å². The molecule has 2 rings (SSSR count). The van der Waals surface area contributed by atoms with E-state index < -0.39 is 20.7 Å². The van der Waals surface area contributed by atoms with E-state index >= 15 is 0 Å². The van der Waals surface area contributed by atoms with E-state index in [2.05, 4.69) is 45.0 Å². The first kappa shape index (κ1) is 25.3. The molecule has 2 aromatic rings. The standard InChI is InChI=1S/C25H36O5Si/c1-7-29-23(26)18-20(19-24(27-5)28-6)30-31(25(2,3)4,21-14-10-8-11-15-21)22-16-12-9-13-17-22/h8-17,20,24H,7,18-19H2,1-6H3/t20-/m0/s1. The third kappa shape index (κ3) is 6.26. The Labute approximate surface area is 187 Å². The molecule has 0 bridgehead atoms. The van der Waals surface area contributed by atoms with E-state index in [4.69, 9.17) is 18.6 Å². The summed E-state index contributed by atoms with van der Waals surface area (Å²) in [5.41, 5.74) is 0. The largest absolute Gasteiger partial charge is 0.466 e. The zero-order chi connectivity index (χ0) is 22.9. The summed E-state index contributed by atoms with van der Waals surface area (Å²) in [4.78, 5) is 12.5. The second kappa shape index (κ2) is 11.6. The second-order valence-corrected chi connectivity index (χ2v) is 12.8. The number of esters is 1. The van der Waals surface area contributed by atoms with Gasteiger partial charge in [-0.3, -0.25) is 4.79 Å². The van der Waals surface area contributed by atoms with Crippen molar-refractivity contribution in [3.8, 4) is 0 Å². The number of benzene rings is 2. The quantitative estimate of drug-likeness (QED) is 0.299. The molecule has 0 aliphatic rings. The number of hydrogen-bond donors (Lipinski definition) is 0. The maximum atomic E-state index is 12.5. The van der Waals surface area contributed by atoms with Crippen molar-refractivity contribution in [1.29, 1.82) is 0 Å². The van der Waals surface area contributed by atoms with Crippen LogP contribution in [0.3, 0.4) is 0 Å². The molecular weight excluding hydrogens is 408 g/mol. The van der Waals surface area contributed by atoms with Crippen molar-refractivity contribution in [2.45, 2.75) is 58.0 Å². The summed E-state index contributed by atoms with van der Waals surface area (Å²) in [6, 6.07) is 20.7. The van der Waals surface area contributed by atoms with E-state index in [9.17, 15) is 4.79 Å². The van der Waals surface area contributed by atoms with Crippen molar-refractivity contribution in [2.24, 2.45) is 0 Å². The summed E-state index contributed by atoms with van der Waals surface area (Å²) in [5, 5.41) is 2.13. The van der Waals surface area contributed by atoms with E-state index in [-0.39, 0.29) is 17.4 Å². The highest BCUT2D eigenvalue weighted by atomic mass is 28.4. The molecule has 5 nitrogen and oxygen atoms in total. The molecule has 0 spiro atoms. The Kier molecular flexibility index (Phi) is 9.44. The molecule has 31 heavy (non-hydrogen) atoms. The highest BCUT2D eigenvalue weighted by Crippen LogP contribution is 2.38. The van der Waals surface area contributed by atoms with Crippen molar-refractivity contribution in [1.82, 2.24) is 0 Å². The summed E-state index contributed by atoms with van der Waals surface area (Å²) in [6.07, 6.45) is -0.328. The number of ether oxygens (including phenoxy) is 3. The molecule has 0 aromatic heterocycles. The summed E-state index contributed by atoms with van der Waals surface area (Å²) in [6.45, 7) is 8.78. The minimum absolute atomic E-state index is 0.140. The van der Waals surface area contributed by atoms with E-state index in [1.807, 2.05) is 43.3 Å². The molecule has 0 N–H and O–H groups in total. The van der Waals surface area contributed by atoms with Gasteiger partial charge in [0.05, 0.1) is 19.1 Å². The molecule has 0 saturated carbocycles. The van der Waals surface area contributed by atoms with Gasteiger partial charge in [-0.25, -0.2) is 0 Å². The Morgan fingerprint density at radius 2 is 1.39 bits per heavy atom. The van der Waals surface area contributed by atoms with Gasteiger partial charge in [-0.05, 0) is 22.3 Å². The van der Waals surface area contributed by atoms with Gasteiger partial charge in [-0.15, -0.1) is 0 Å². The normalized spacial score (nSPS) is 13.3. The van der Waals surface area contributed by atoms with Gasteiger partial charge in [0.2, 0.25) is 0 Å². The maximum Gasteiger partial charge on any atom is 0.308 e. The lowest BCUT2D eigenvalue weighted by Gasteiger charge is -2.45. The number of methoxy groups -OCH3 is 2. The third-order valence-electron chi connectivity index (χ3n) is 5.44. The molecule has 0 amide bonds. The van der Waals surface area contributed by atoms with Crippen LogP contribution >= 0.6 is 0 Å². The number of carbonyl (C=O) groups is 1. The highest BCUT2D eigenvalue weighted by Gasteiger charge is 2.51. The van der Waals surface area contributed by atoms with Crippen LogP contribution in [0.5, 0.6) is 0 Å². The Bertz CT molecular complexity index is 745. The summed E-state index contributed by atoms with van der Waals surface area (Å²) < 4.78 is 23.2. The van der Waals surface area contributed by atoms with Crippen molar-refractivity contribution in [3.63, 3.8) is 0 Å². The number of hydrogen-bond acceptors (Lipinski definition) is 5. The van der Waals surface area contributed by atoms with Crippen molar-refractivity contribution >= 4 is 24.7 Å². The molecule has 0 heterocycles. The predicted molar refractivity (Wildman–Crippen MR) is 126 cm³/mol. The van der Waals surface area contributed by atoms with Gasteiger partial charge >= 0.3 is 5.97 Å².